The average Bonchev–Trinajstić information content (AvgIpc) is 2.79. The van der Waals surface area contributed by atoms with Gasteiger partial charge in [0, 0.05) is 45.4 Å². The first kappa shape index (κ1) is 24.2. The Morgan fingerprint density at radius 3 is 2.64 bits per heavy atom. The average molecular weight is 454 g/mol. The number of carbonyl (C=O) groups excluding carboxylic acids is 2. The first-order chi connectivity index (χ1) is 15.8. The number of amides is 2. The molecule has 0 fully saturated rings. The number of nitrogens with two attached hydrogens (primary N) is 1. The van der Waals surface area contributed by atoms with Gasteiger partial charge in [-0.05, 0) is 48.9 Å². The summed E-state index contributed by atoms with van der Waals surface area (Å²) < 4.78 is 18.7. The molecule has 1 heterocycles. The van der Waals surface area contributed by atoms with E-state index < -0.39 is 11.9 Å². The minimum atomic E-state index is -0.619. The molecule has 1 unspecified atom stereocenters. The van der Waals surface area contributed by atoms with Crippen molar-refractivity contribution in [2.24, 2.45) is 5.73 Å². The number of carbonyl (C=O) groups is 2. The molecule has 3 N–H and O–H groups in total. The SMILES string of the molecule is CC(=O)N1c2ccc(C(CN)CNCCC#N)cc2N(C(=O)Oc2ccc(F)cc2)C[C@@H]1C. The Hall–Kier alpha value is -3.48. The maximum absolute atomic E-state index is 13.2. The quantitative estimate of drug-likeness (QED) is 0.623. The van der Waals surface area contributed by atoms with Crippen molar-refractivity contribution < 1.29 is 18.7 Å². The Morgan fingerprint density at radius 1 is 1.27 bits per heavy atom. The molecule has 2 amide bonds. The summed E-state index contributed by atoms with van der Waals surface area (Å²) in [6, 6.07) is 12.6. The maximum Gasteiger partial charge on any atom is 0.419 e. The van der Waals surface area contributed by atoms with Crippen molar-refractivity contribution in [3.05, 3.63) is 53.8 Å². The second-order valence-corrected chi connectivity index (χ2v) is 7.96. The summed E-state index contributed by atoms with van der Waals surface area (Å²) in [6.07, 6.45) is -0.220. The van der Waals surface area contributed by atoms with E-state index in [2.05, 4.69) is 11.4 Å². The molecule has 1 aliphatic rings. The highest BCUT2D eigenvalue weighted by atomic mass is 19.1. The summed E-state index contributed by atoms with van der Waals surface area (Å²) in [4.78, 5) is 28.6. The molecular formula is C24H28FN5O3. The van der Waals surface area contributed by atoms with Crippen molar-refractivity contribution in [1.82, 2.24) is 5.32 Å². The van der Waals surface area contributed by atoms with Crippen LogP contribution >= 0.6 is 0 Å². The fourth-order valence-electron chi connectivity index (χ4n) is 3.97. The minimum Gasteiger partial charge on any atom is -0.410 e. The van der Waals surface area contributed by atoms with Gasteiger partial charge in [0.25, 0.3) is 0 Å². The third-order valence-electron chi connectivity index (χ3n) is 5.58. The van der Waals surface area contributed by atoms with Crippen molar-refractivity contribution >= 4 is 23.4 Å². The summed E-state index contributed by atoms with van der Waals surface area (Å²) in [6.45, 7) is 5.09. The highest BCUT2D eigenvalue weighted by Crippen LogP contribution is 2.38. The lowest BCUT2D eigenvalue weighted by Crippen LogP contribution is -2.52. The zero-order valence-corrected chi connectivity index (χ0v) is 18.8. The smallest absolute Gasteiger partial charge is 0.410 e. The second kappa shape index (κ2) is 10.9. The van der Waals surface area contributed by atoms with E-state index in [0.29, 0.717) is 37.4 Å². The number of benzene rings is 2. The topological polar surface area (TPSA) is 112 Å². The fraction of sp³-hybridized carbons (Fsp3) is 0.375. The van der Waals surface area contributed by atoms with Crippen LogP contribution in [0, 0.1) is 17.1 Å². The molecule has 0 spiro atoms. The van der Waals surface area contributed by atoms with Gasteiger partial charge in [-0.1, -0.05) is 6.07 Å². The van der Waals surface area contributed by atoms with Crippen molar-refractivity contribution in [3.8, 4) is 11.8 Å². The molecule has 0 aromatic heterocycles. The number of nitrogens with zero attached hydrogens (tertiary/aromatic N) is 3. The van der Waals surface area contributed by atoms with E-state index in [1.165, 1.54) is 36.1 Å². The highest BCUT2D eigenvalue weighted by Gasteiger charge is 2.35. The Morgan fingerprint density at radius 2 is 2.00 bits per heavy atom. The van der Waals surface area contributed by atoms with E-state index in [0.717, 1.165) is 5.56 Å². The van der Waals surface area contributed by atoms with Crippen LogP contribution in [0.3, 0.4) is 0 Å². The number of rotatable bonds is 7. The fourth-order valence-corrected chi connectivity index (χ4v) is 3.97. The molecule has 9 heteroatoms. The molecule has 3 rings (SSSR count). The Balaban J connectivity index is 1.92. The van der Waals surface area contributed by atoms with E-state index in [1.54, 1.807) is 4.90 Å². The van der Waals surface area contributed by atoms with Gasteiger partial charge < -0.3 is 20.7 Å². The van der Waals surface area contributed by atoms with Gasteiger partial charge in [0.15, 0.2) is 0 Å². The molecule has 0 radical (unpaired) electrons. The molecule has 8 nitrogen and oxygen atoms in total. The van der Waals surface area contributed by atoms with E-state index in [1.807, 2.05) is 25.1 Å². The van der Waals surface area contributed by atoms with Crippen LogP contribution < -0.4 is 25.6 Å². The molecule has 0 saturated heterocycles. The van der Waals surface area contributed by atoms with Crippen LogP contribution in [0.15, 0.2) is 42.5 Å². The number of nitriles is 1. The Kier molecular flexibility index (Phi) is 7.98. The molecule has 174 valence electrons. The lowest BCUT2D eigenvalue weighted by Gasteiger charge is -2.40. The molecule has 2 aromatic carbocycles. The van der Waals surface area contributed by atoms with E-state index in [9.17, 15) is 14.0 Å². The number of fused-ring (bicyclic) bond motifs is 1. The Labute approximate surface area is 192 Å². The van der Waals surface area contributed by atoms with Crippen molar-refractivity contribution in [3.63, 3.8) is 0 Å². The maximum atomic E-state index is 13.2. The lowest BCUT2D eigenvalue weighted by molar-refractivity contribution is -0.117. The summed E-state index contributed by atoms with van der Waals surface area (Å²) in [5.74, 6) is -0.377. The van der Waals surface area contributed by atoms with Gasteiger partial charge in [0.1, 0.15) is 11.6 Å². The number of anilines is 2. The van der Waals surface area contributed by atoms with Crippen molar-refractivity contribution in [2.45, 2.75) is 32.2 Å². The molecule has 33 heavy (non-hydrogen) atoms. The van der Waals surface area contributed by atoms with Gasteiger partial charge in [-0.2, -0.15) is 5.26 Å². The third-order valence-corrected chi connectivity index (χ3v) is 5.58. The number of hydrogen-bond donors (Lipinski definition) is 2. The van der Waals surface area contributed by atoms with Crippen molar-refractivity contribution in [2.75, 3.05) is 36.0 Å². The molecule has 0 saturated carbocycles. The lowest BCUT2D eigenvalue weighted by atomic mass is 9.96. The van der Waals surface area contributed by atoms with Crippen LogP contribution in [0.2, 0.25) is 0 Å². The summed E-state index contributed by atoms with van der Waals surface area (Å²) in [5.41, 5.74) is 8.05. The van der Waals surface area contributed by atoms with Gasteiger partial charge in [0.2, 0.25) is 5.91 Å². The number of ether oxygens (including phenoxy) is 1. The standard InChI is InChI=1S/C24H28FN5O3/c1-16-15-29(24(32)33-21-7-5-20(25)6-8-21)23-12-18(4-9-22(23)30(16)17(2)31)19(13-27)14-28-11-3-10-26/h4-9,12,16,19,28H,3,11,13-15,27H2,1-2H3/t16-,19?/m0/s1. The first-order valence-corrected chi connectivity index (χ1v) is 10.8. The summed E-state index contributed by atoms with van der Waals surface area (Å²) in [7, 11) is 0. The molecule has 0 aliphatic carbocycles. The van der Waals surface area contributed by atoms with Crippen LogP contribution in [-0.4, -0.2) is 44.2 Å². The Bertz CT molecular complexity index is 1040. The third kappa shape index (κ3) is 5.66. The van der Waals surface area contributed by atoms with Gasteiger partial charge in [-0.25, -0.2) is 9.18 Å². The van der Waals surface area contributed by atoms with Gasteiger partial charge >= 0.3 is 6.09 Å². The zero-order valence-electron chi connectivity index (χ0n) is 18.8. The molecule has 2 aromatic rings. The van der Waals surface area contributed by atoms with E-state index in [-0.39, 0.29) is 30.2 Å². The molecule has 1 aliphatic heterocycles. The van der Waals surface area contributed by atoms with Crippen LogP contribution in [0.1, 0.15) is 31.7 Å². The molecule has 0 bridgehead atoms. The highest BCUT2D eigenvalue weighted by molar-refractivity contribution is 6.02. The molecular weight excluding hydrogens is 425 g/mol. The summed E-state index contributed by atoms with van der Waals surface area (Å²) >= 11 is 0. The monoisotopic (exact) mass is 453 g/mol. The van der Waals surface area contributed by atoms with Crippen LogP contribution in [0.5, 0.6) is 5.75 Å². The second-order valence-electron chi connectivity index (χ2n) is 7.96. The number of hydrogen-bond acceptors (Lipinski definition) is 6. The molecule has 2 atom stereocenters. The van der Waals surface area contributed by atoms with Crippen LogP contribution in [0.25, 0.3) is 0 Å². The normalized spacial score (nSPS) is 16.0. The first-order valence-electron chi connectivity index (χ1n) is 10.8. The minimum absolute atomic E-state index is 0.0471. The van der Waals surface area contributed by atoms with E-state index >= 15 is 0 Å². The van der Waals surface area contributed by atoms with Crippen LogP contribution in [0.4, 0.5) is 20.6 Å². The van der Waals surface area contributed by atoms with Gasteiger partial charge in [0.05, 0.1) is 23.5 Å². The van der Waals surface area contributed by atoms with Gasteiger partial charge in [-0.3, -0.25) is 9.69 Å². The zero-order chi connectivity index (χ0) is 24.0. The predicted octanol–water partition coefficient (Wildman–Crippen LogP) is 3.13. The number of halogens is 1. The van der Waals surface area contributed by atoms with Crippen LogP contribution in [-0.2, 0) is 4.79 Å². The number of nitrogens with one attached hydrogen (secondary N) is 1. The predicted molar refractivity (Wildman–Crippen MR) is 124 cm³/mol. The van der Waals surface area contributed by atoms with E-state index in [4.69, 9.17) is 15.7 Å². The largest absolute Gasteiger partial charge is 0.419 e. The van der Waals surface area contributed by atoms with Gasteiger partial charge in [-0.15, -0.1) is 0 Å². The van der Waals surface area contributed by atoms with Crippen molar-refractivity contribution in [1.29, 1.82) is 5.26 Å². The summed E-state index contributed by atoms with van der Waals surface area (Å²) in [5, 5.41) is 11.9.